The highest BCUT2D eigenvalue weighted by molar-refractivity contribution is 7.10. The Hall–Kier alpha value is -3.76. The first kappa shape index (κ1) is 27.4. The molecule has 1 fully saturated rings. The molecule has 2 amide bonds. The molecule has 1 atom stereocenters. The molecule has 0 spiro atoms. The zero-order valence-corrected chi connectivity index (χ0v) is 24.1. The number of thiophene rings is 1. The fourth-order valence-electron chi connectivity index (χ4n) is 5.77. The molecular formula is C31H35N3O6S. The van der Waals surface area contributed by atoms with Gasteiger partial charge in [-0.15, -0.1) is 11.3 Å². The zero-order valence-electron chi connectivity index (χ0n) is 23.3. The summed E-state index contributed by atoms with van der Waals surface area (Å²) in [6.45, 7) is 4.25. The van der Waals surface area contributed by atoms with Crippen molar-refractivity contribution in [2.24, 2.45) is 0 Å². The Morgan fingerprint density at radius 2 is 1.83 bits per heavy atom. The number of hydrogen-bond donors (Lipinski definition) is 0. The van der Waals surface area contributed by atoms with Gasteiger partial charge in [-0.25, -0.2) is 0 Å². The number of likely N-dealkylation sites (tertiary alicyclic amines) is 1. The Bertz CT molecular complexity index is 1390. The summed E-state index contributed by atoms with van der Waals surface area (Å²) >= 11 is 1.71. The largest absolute Gasteiger partial charge is 0.493 e. The Labute approximate surface area is 244 Å². The SMILES string of the molecule is COc1ccccc1OCC1c2ccsc2CCN1C(=O)CN(CCN1CCCC1)C(=O)c1ccc2c(c1)OCO2. The van der Waals surface area contributed by atoms with Crippen molar-refractivity contribution in [2.45, 2.75) is 25.3 Å². The molecule has 9 nitrogen and oxygen atoms in total. The van der Waals surface area contributed by atoms with E-state index in [1.807, 2.05) is 29.2 Å². The van der Waals surface area contributed by atoms with Crippen molar-refractivity contribution >= 4 is 23.2 Å². The summed E-state index contributed by atoms with van der Waals surface area (Å²) in [5, 5.41) is 2.07. The Balaban J connectivity index is 1.21. The predicted octanol–water partition coefficient (Wildman–Crippen LogP) is 4.23. The Morgan fingerprint density at radius 3 is 2.66 bits per heavy atom. The van der Waals surface area contributed by atoms with Crippen molar-refractivity contribution in [3.8, 4) is 23.0 Å². The van der Waals surface area contributed by atoms with Crippen LogP contribution in [0.3, 0.4) is 0 Å². The minimum absolute atomic E-state index is 0.00819. The van der Waals surface area contributed by atoms with E-state index in [0.717, 1.165) is 31.6 Å². The number of para-hydroxylation sites is 2. The summed E-state index contributed by atoms with van der Waals surface area (Å²) in [5.74, 6) is 2.18. The third-order valence-electron chi connectivity index (χ3n) is 8.00. The number of carbonyl (C=O) groups excluding carboxylic acids is 2. The maximum Gasteiger partial charge on any atom is 0.254 e. The van der Waals surface area contributed by atoms with Gasteiger partial charge in [0.1, 0.15) is 13.2 Å². The van der Waals surface area contributed by atoms with Crippen molar-refractivity contribution in [3.63, 3.8) is 0 Å². The first-order valence-corrected chi connectivity index (χ1v) is 15.0. The van der Waals surface area contributed by atoms with Crippen LogP contribution in [-0.4, -0.2) is 86.3 Å². The van der Waals surface area contributed by atoms with Crippen molar-refractivity contribution in [3.05, 3.63) is 69.9 Å². The predicted molar refractivity (Wildman–Crippen MR) is 155 cm³/mol. The molecule has 6 rings (SSSR count). The number of methoxy groups -OCH3 is 1. The summed E-state index contributed by atoms with van der Waals surface area (Å²) in [4.78, 5) is 35.0. The first-order valence-electron chi connectivity index (χ1n) is 14.1. The maximum atomic E-state index is 14.0. The molecule has 2 aromatic carbocycles. The van der Waals surface area contributed by atoms with Crippen LogP contribution in [0, 0.1) is 0 Å². The van der Waals surface area contributed by atoms with E-state index in [-0.39, 0.29) is 31.2 Å². The van der Waals surface area contributed by atoms with Gasteiger partial charge in [0.2, 0.25) is 12.7 Å². The van der Waals surface area contributed by atoms with Crippen LogP contribution >= 0.6 is 11.3 Å². The van der Waals surface area contributed by atoms with Crippen molar-refractivity contribution < 1.29 is 28.5 Å². The third kappa shape index (κ3) is 5.99. The van der Waals surface area contributed by atoms with E-state index < -0.39 is 0 Å². The molecule has 3 aromatic rings. The number of fused-ring (bicyclic) bond motifs is 2. The van der Waals surface area contributed by atoms with E-state index in [9.17, 15) is 9.59 Å². The molecule has 4 heterocycles. The Morgan fingerprint density at radius 1 is 1.02 bits per heavy atom. The molecule has 1 saturated heterocycles. The fraction of sp³-hybridized carbons (Fsp3) is 0.419. The smallest absolute Gasteiger partial charge is 0.254 e. The molecule has 0 radical (unpaired) electrons. The third-order valence-corrected chi connectivity index (χ3v) is 9.00. The van der Waals surface area contributed by atoms with Crippen molar-refractivity contribution in [1.29, 1.82) is 0 Å². The number of benzene rings is 2. The van der Waals surface area contributed by atoms with Crippen molar-refractivity contribution in [1.82, 2.24) is 14.7 Å². The second kappa shape index (κ2) is 12.4. The van der Waals surface area contributed by atoms with Crippen LogP contribution in [0.2, 0.25) is 0 Å². The van der Waals surface area contributed by atoms with E-state index in [1.165, 1.54) is 17.7 Å². The summed E-state index contributed by atoms with van der Waals surface area (Å²) in [5.41, 5.74) is 1.59. The second-order valence-electron chi connectivity index (χ2n) is 10.5. The van der Waals surface area contributed by atoms with Gasteiger partial charge in [-0.1, -0.05) is 12.1 Å². The zero-order chi connectivity index (χ0) is 28.2. The number of ether oxygens (including phenoxy) is 4. The molecule has 1 unspecified atom stereocenters. The van der Waals surface area contributed by atoms with Gasteiger partial charge in [0.25, 0.3) is 5.91 Å². The lowest BCUT2D eigenvalue weighted by molar-refractivity contribution is -0.135. The van der Waals surface area contributed by atoms with E-state index >= 15 is 0 Å². The average molecular weight is 578 g/mol. The average Bonchev–Trinajstić information content (AvgIpc) is 3.79. The van der Waals surface area contributed by atoms with Gasteiger partial charge < -0.3 is 33.6 Å². The number of amides is 2. The standard InChI is InChI=1S/C31H35N3O6S/c1-37-25-6-2-3-7-26(25)38-20-24-23-11-17-41-29(23)10-14-34(24)30(35)19-33(16-15-32-12-4-5-13-32)31(36)22-8-9-27-28(18-22)40-21-39-27/h2-3,6-9,11,17-18,24H,4-5,10,12-16,19-21H2,1H3. The lowest BCUT2D eigenvalue weighted by atomic mass is 10.0. The van der Waals surface area contributed by atoms with E-state index in [2.05, 4.69) is 16.3 Å². The number of carbonyl (C=O) groups is 2. The molecule has 10 heteroatoms. The van der Waals surface area contributed by atoms with Gasteiger partial charge in [-0.2, -0.15) is 0 Å². The van der Waals surface area contributed by atoms with Gasteiger partial charge in [-0.05, 0) is 79.7 Å². The van der Waals surface area contributed by atoms with Gasteiger partial charge in [-0.3, -0.25) is 9.59 Å². The lowest BCUT2D eigenvalue weighted by Crippen LogP contribution is -2.49. The van der Waals surface area contributed by atoms with E-state index in [4.69, 9.17) is 18.9 Å². The summed E-state index contributed by atoms with van der Waals surface area (Å²) in [6, 6.07) is 14.5. The summed E-state index contributed by atoms with van der Waals surface area (Å²) in [6.07, 6.45) is 3.12. The molecule has 216 valence electrons. The Kier molecular flexibility index (Phi) is 8.29. The second-order valence-corrected chi connectivity index (χ2v) is 11.5. The minimum atomic E-state index is -0.261. The van der Waals surface area contributed by atoms with Crippen LogP contribution in [-0.2, 0) is 11.2 Å². The van der Waals surface area contributed by atoms with Gasteiger partial charge in [0.05, 0.1) is 13.2 Å². The summed E-state index contributed by atoms with van der Waals surface area (Å²) < 4.78 is 22.6. The maximum absolute atomic E-state index is 14.0. The van der Waals surface area contributed by atoms with Gasteiger partial charge in [0, 0.05) is 30.1 Å². The first-order chi connectivity index (χ1) is 20.1. The van der Waals surface area contributed by atoms with Crippen molar-refractivity contribution in [2.75, 3.05) is 59.8 Å². The normalized spacial score (nSPS) is 17.8. The van der Waals surface area contributed by atoms with Crippen LogP contribution in [0.5, 0.6) is 23.0 Å². The molecule has 3 aliphatic rings. The molecular weight excluding hydrogens is 542 g/mol. The highest BCUT2D eigenvalue weighted by Gasteiger charge is 2.34. The quantitative estimate of drug-likeness (QED) is 0.357. The number of nitrogens with zero attached hydrogens (tertiary/aromatic N) is 3. The monoisotopic (exact) mass is 577 g/mol. The number of rotatable bonds is 10. The van der Waals surface area contributed by atoms with Crippen LogP contribution in [0.4, 0.5) is 0 Å². The van der Waals surface area contributed by atoms with E-state index in [1.54, 1.807) is 41.5 Å². The molecule has 3 aliphatic heterocycles. The van der Waals surface area contributed by atoms with E-state index in [0.29, 0.717) is 48.3 Å². The fourth-order valence-corrected chi connectivity index (χ4v) is 6.70. The van der Waals surface area contributed by atoms with Crippen LogP contribution in [0.15, 0.2) is 53.9 Å². The highest BCUT2D eigenvalue weighted by Crippen LogP contribution is 2.36. The molecule has 0 aliphatic carbocycles. The summed E-state index contributed by atoms with van der Waals surface area (Å²) in [7, 11) is 1.61. The molecule has 0 saturated carbocycles. The van der Waals surface area contributed by atoms with Crippen LogP contribution < -0.4 is 18.9 Å². The highest BCUT2D eigenvalue weighted by atomic mass is 32.1. The molecule has 0 bridgehead atoms. The molecule has 0 N–H and O–H groups in total. The van der Waals surface area contributed by atoms with Gasteiger partial charge >= 0.3 is 0 Å². The van der Waals surface area contributed by atoms with Crippen LogP contribution in [0.1, 0.15) is 39.7 Å². The molecule has 41 heavy (non-hydrogen) atoms. The number of hydrogen-bond acceptors (Lipinski definition) is 8. The minimum Gasteiger partial charge on any atom is -0.493 e. The lowest BCUT2D eigenvalue weighted by Gasteiger charge is -2.37. The van der Waals surface area contributed by atoms with Gasteiger partial charge in [0.15, 0.2) is 23.0 Å². The topological polar surface area (TPSA) is 80.8 Å². The van der Waals surface area contributed by atoms with Crippen LogP contribution in [0.25, 0.3) is 0 Å². The molecule has 1 aromatic heterocycles.